The van der Waals surface area contributed by atoms with E-state index in [1.165, 1.54) is 86.9 Å². The van der Waals surface area contributed by atoms with Gasteiger partial charge in [0.05, 0.1) is 0 Å². The lowest BCUT2D eigenvalue weighted by Gasteiger charge is -2.18. The van der Waals surface area contributed by atoms with Gasteiger partial charge in [-0.2, -0.15) is 0 Å². The SMILES string of the molecule is c1ccc(-c2ccc(-c3nc(-c4ccccc4)nc(-c4ccc(-c5ccccc5-c5cc6ccc7cccc8c9cccc%10ccc%11cccc(c(c5)c6c78)c%11c%109)cc4)n3)cc2)cc1. The highest BCUT2D eigenvalue weighted by Gasteiger charge is 2.18. The first-order chi connectivity index (χ1) is 31.7. The molecule has 0 unspecified atom stereocenters. The Kier molecular flexibility index (Phi) is 8.22. The number of fused-ring (bicyclic) bond motifs is 2. The molecule has 3 nitrogen and oxygen atoms in total. The smallest absolute Gasteiger partial charge is 0.164 e. The summed E-state index contributed by atoms with van der Waals surface area (Å²) < 4.78 is 0. The monoisotopic (exact) mass is 811 g/mol. The molecule has 64 heavy (non-hydrogen) atoms. The van der Waals surface area contributed by atoms with E-state index in [4.69, 9.17) is 15.0 Å². The predicted molar refractivity (Wildman–Crippen MR) is 269 cm³/mol. The molecule has 0 amide bonds. The minimum absolute atomic E-state index is 0.633. The van der Waals surface area contributed by atoms with Crippen molar-refractivity contribution in [2.45, 2.75) is 0 Å². The minimum atomic E-state index is 0.633. The second-order valence-corrected chi connectivity index (χ2v) is 16.7. The van der Waals surface area contributed by atoms with Crippen LogP contribution in [0.1, 0.15) is 0 Å². The van der Waals surface area contributed by atoms with Gasteiger partial charge in [-0.1, -0.05) is 212 Å². The molecule has 296 valence electrons. The fourth-order valence-corrected chi connectivity index (χ4v) is 10.0. The maximum Gasteiger partial charge on any atom is 0.164 e. The average Bonchev–Trinajstić information content (AvgIpc) is 3.37. The fraction of sp³-hybridized carbons (Fsp3) is 0. The van der Waals surface area contributed by atoms with Gasteiger partial charge in [-0.25, -0.2) is 15.0 Å². The molecule has 0 N–H and O–H groups in total. The lowest BCUT2D eigenvalue weighted by Crippen LogP contribution is -2.00. The van der Waals surface area contributed by atoms with Crippen molar-refractivity contribution in [3.05, 3.63) is 224 Å². The van der Waals surface area contributed by atoms with Crippen molar-refractivity contribution in [3.63, 3.8) is 0 Å². The number of benzene rings is 11. The molecule has 0 radical (unpaired) electrons. The summed E-state index contributed by atoms with van der Waals surface area (Å²) in [7, 11) is 0. The summed E-state index contributed by atoms with van der Waals surface area (Å²) in [5, 5.41) is 15.4. The van der Waals surface area contributed by atoms with Gasteiger partial charge in [0, 0.05) is 16.7 Å². The highest BCUT2D eigenvalue weighted by Crippen LogP contribution is 2.45. The maximum atomic E-state index is 5.08. The van der Waals surface area contributed by atoms with Crippen LogP contribution in [0.4, 0.5) is 0 Å². The van der Waals surface area contributed by atoms with Crippen LogP contribution in [0.25, 0.3) is 132 Å². The van der Waals surface area contributed by atoms with Crippen LogP contribution in [0.15, 0.2) is 224 Å². The summed E-state index contributed by atoms with van der Waals surface area (Å²) >= 11 is 0. The molecule has 0 aliphatic heterocycles. The van der Waals surface area contributed by atoms with Crippen LogP contribution in [0, 0.1) is 0 Å². The Labute approximate surface area is 370 Å². The maximum absolute atomic E-state index is 5.08. The second-order valence-electron chi connectivity index (χ2n) is 16.7. The molecule has 0 atom stereocenters. The topological polar surface area (TPSA) is 38.7 Å². The molecule has 1 heterocycles. The van der Waals surface area contributed by atoms with E-state index in [0.29, 0.717) is 17.5 Å². The van der Waals surface area contributed by atoms with Gasteiger partial charge in [0.2, 0.25) is 0 Å². The van der Waals surface area contributed by atoms with Gasteiger partial charge in [-0.05, 0) is 110 Å². The van der Waals surface area contributed by atoms with Gasteiger partial charge in [0.15, 0.2) is 17.5 Å². The summed E-state index contributed by atoms with van der Waals surface area (Å²) in [5.41, 5.74) is 9.79. The van der Waals surface area contributed by atoms with Crippen molar-refractivity contribution < 1.29 is 0 Å². The van der Waals surface area contributed by atoms with Crippen LogP contribution in [0.5, 0.6) is 0 Å². The van der Waals surface area contributed by atoms with Crippen LogP contribution in [0.2, 0.25) is 0 Å². The number of hydrogen-bond acceptors (Lipinski definition) is 3. The van der Waals surface area contributed by atoms with Gasteiger partial charge in [-0.15, -0.1) is 0 Å². The molecule has 0 bridgehead atoms. The predicted octanol–water partition coefficient (Wildman–Crippen LogP) is 16.2. The minimum Gasteiger partial charge on any atom is -0.208 e. The first-order valence-corrected chi connectivity index (χ1v) is 21.8. The molecular formula is C61H37N3. The van der Waals surface area contributed by atoms with Crippen molar-refractivity contribution in [2.24, 2.45) is 0 Å². The molecular weight excluding hydrogens is 775 g/mol. The van der Waals surface area contributed by atoms with Crippen molar-refractivity contribution in [2.75, 3.05) is 0 Å². The van der Waals surface area contributed by atoms with E-state index in [9.17, 15) is 0 Å². The zero-order valence-electron chi connectivity index (χ0n) is 34.7. The van der Waals surface area contributed by atoms with Crippen molar-refractivity contribution >= 4 is 64.6 Å². The van der Waals surface area contributed by atoms with Crippen LogP contribution in [-0.2, 0) is 0 Å². The molecule has 0 saturated heterocycles. The Morgan fingerprint density at radius 3 is 1.08 bits per heavy atom. The second kappa shape index (κ2) is 14.5. The quantitative estimate of drug-likeness (QED) is 0.157. The van der Waals surface area contributed by atoms with E-state index >= 15 is 0 Å². The van der Waals surface area contributed by atoms with E-state index in [0.717, 1.165) is 27.8 Å². The van der Waals surface area contributed by atoms with Gasteiger partial charge in [0.1, 0.15) is 0 Å². The van der Waals surface area contributed by atoms with Crippen LogP contribution in [0.3, 0.4) is 0 Å². The number of rotatable bonds is 6. The summed E-state index contributed by atoms with van der Waals surface area (Å²) in [6, 6.07) is 80.8. The fourth-order valence-electron chi connectivity index (χ4n) is 10.0. The van der Waals surface area contributed by atoms with E-state index in [1.54, 1.807) is 0 Å². The van der Waals surface area contributed by atoms with E-state index in [1.807, 2.05) is 36.4 Å². The number of hydrogen-bond donors (Lipinski definition) is 0. The molecule has 13 aromatic rings. The van der Waals surface area contributed by atoms with E-state index in [2.05, 4.69) is 188 Å². The Morgan fingerprint density at radius 2 is 0.562 bits per heavy atom. The third kappa shape index (κ3) is 5.86. The van der Waals surface area contributed by atoms with Crippen molar-refractivity contribution in [1.29, 1.82) is 0 Å². The first kappa shape index (κ1) is 36.2. The summed E-state index contributed by atoms with van der Waals surface area (Å²) in [4.78, 5) is 15.1. The largest absolute Gasteiger partial charge is 0.208 e. The van der Waals surface area contributed by atoms with E-state index < -0.39 is 0 Å². The zero-order chi connectivity index (χ0) is 42.1. The van der Waals surface area contributed by atoms with Crippen molar-refractivity contribution in [3.8, 4) is 67.5 Å². The molecule has 0 saturated carbocycles. The van der Waals surface area contributed by atoms with Crippen molar-refractivity contribution in [1.82, 2.24) is 15.0 Å². The molecule has 12 aromatic carbocycles. The van der Waals surface area contributed by atoms with Crippen LogP contribution in [-0.4, -0.2) is 15.0 Å². The summed E-state index contributed by atoms with van der Waals surface area (Å²) in [6.45, 7) is 0. The lowest BCUT2D eigenvalue weighted by molar-refractivity contribution is 1.07. The molecule has 3 heteroatoms. The van der Waals surface area contributed by atoms with Crippen LogP contribution < -0.4 is 0 Å². The standard InChI is InChI=1S/C61H37N3/c1-3-12-38(13-4-1)39-24-31-45(32-25-39)60-62-59(44-14-5-2-6-15-44)63-61(64-60)46-33-26-40(27-34-46)49-19-7-8-20-50(49)48-36-47-35-30-43-17-10-22-52-51-21-9-16-41-28-29-42-18-11-23-53(57(42)55(41)51)54(37-48)58(47)56(43)52/h1-37H. The Hall–Kier alpha value is -8.53. The number of aromatic nitrogens is 3. The lowest BCUT2D eigenvalue weighted by atomic mass is 9.85. The molecule has 0 aliphatic rings. The zero-order valence-corrected chi connectivity index (χ0v) is 34.7. The summed E-state index contributed by atoms with van der Waals surface area (Å²) in [6.07, 6.45) is 0. The Bertz CT molecular complexity index is 3910. The highest BCUT2D eigenvalue weighted by atomic mass is 15.0. The highest BCUT2D eigenvalue weighted by molar-refractivity contribution is 6.37. The Balaban J connectivity index is 0.957. The van der Waals surface area contributed by atoms with Gasteiger partial charge in [-0.3, -0.25) is 0 Å². The van der Waals surface area contributed by atoms with Crippen LogP contribution >= 0.6 is 0 Å². The molecule has 0 aliphatic carbocycles. The van der Waals surface area contributed by atoms with Gasteiger partial charge >= 0.3 is 0 Å². The normalized spacial score (nSPS) is 11.8. The first-order valence-electron chi connectivity index (χ1n) is 21.8. The van der Waals surface area contributed by atoms with E-state index in [-0.39, 0.29) is 0 Å². The Morgan fingerprint density at radius 1 is 0.203 bits per heavy atom. The molecule has 0 spiro atoms. The molecule has 0 fully saturated rings. The number of nitrogens with zero attached hydrogens (tertiary/aromatic N) is 3. The average molecular weight is 812 g/mol. The van der Waals surface area contributed by atoms with Gasteiger partial charge in [0.25, 0.3) is 0 Å². The van der Waals surface area contributed by atoms with Gasteiger partial charge < -0.3 is 0 Å². The third-order valence-corrected chi connectivity index (χ3v) is 13.0. The third-order valence-electron chi connectivity index (χ3n) is 13.0. The summed E-state index contributed by atoms with van der Waals surface area (Å²) in [5.74, 6) is 1.91. The molecule has 1 aromatic heterocycles. The molecule has 13 rings (SSSR count).